The van der Waals surface area contributed by atoms with E-state index >= 15 is 0 Å². The molecule has 1 heterocycles. The van der Waals surface area contributed by atoms with E-state index in [0.717, 1.165) is 6.42 Å². The lowest BCUT2D eigenvalue weighted by atomic mass is 10.3. The van der Waals surface area contributed by atoms with Crippen LogP contribution in [0.3, 0.4) is 0 Å². The van der Waals surface area contributed by atoms with E-state index in [2.05, 4.69) is 21.2 Å². The second-order valence-corrected chi connectivity index (χ2v) is 4.40. The molecule has 13 heavy (non-hydrogen) atoms. The van der Waals surface area contributed by atoms with E-state index in [4.69, 9.17) is 4.42 Å². The first-order valence-electron chi connectivity index (χ1n) is 4.14. The van der Waals surface area contributed by atoms with Crippen molar-refractivity contribution in [2.45, 2.75) is 18.2 Å². The molecular weight excluding hydrogens is 234 g/mol. The zero-order valence-electron chi connectivity index (χ0n) is 7.42. The van der Waals surface area contributed by atoms with Crippen LogP contribution in [0.2, 0.25) is 0 Å². The van der Waals surface area contributed by atoms with E-state index in [1.54, 1.807) is 6.07 Å². The zero-order valence-corrected chi connectivity index (χ0v) is 9.00. The van der Waals surface area contributed by atoms with E-state index in [1.807, 2.05) is 6.92 Å². The third-order valence-corrected chi connectivity index (χ3v) is 2.07. The number of alkyl halides is 1. The summed E-state index contributed by atoms with van der Waals surface area (Å²) in [6.45, 7) is 2.72. The van der Waals surface area contributed by atoms with Gasteiger partial charge in [0.05, 0.1) is 11.8 Å². The fourth-order valence-corrected chi connectivity index (χ4v) is 1.11. The van der Waals surface area contributed by atoms with Crippen LogP contribution in [-0.4, -0.2) is 17.3 Å². The number of rotatable bonds is 4. The summed E-state index contributed by atoms with van der Waals surface area (Å²) in [5.74, 6) is -0.0816. The van der Waals surface area contributed by atoms with Gasteiger partial charge < -0.3 is 9.73 Å². The van der Waals surface area contributed by atoms with Gasteiger partial charge in [-0.15, -0.1) is 0 Å². The molecule has 0 aromatic carbocycles. The molecule has 0 saturated carbocycles. The van der Waals surface area contributed by atoms with Crippen LogP contribution in [0.5, 0.6) is 0 Å². The van der Waals surface area contributed by atoms with Crippen LogP contribution < -0.4 is 5.32 Å². The summed E-state index contributed by atoms with van der Waals surface area (Å²) in [7, 11) is 0. The Labute approximate surface area is 85.6 Å². The van der Waals surface area contributed by atoms with Crippen molar-refractivity contribution in [2.75, 3.05) is 6.54 Å². The summed E-state index contributed by atoms with van der Waals surface area (Å²) < 4.78 is 4.79. The van der Waals surface area contributed by atoms with Crippen LogP contribution in [0, 0.1) is 0 Å². The van der Waals surface area contributed by atoms with Crippen LogP contribution in [0.25, 0.3) is 0 Å². The molecule has 4 heteroatoms. The molecule has 1 N–H and O–H groups in total. The van der Waals surface area contributed by atoms with Crippen molar-refractivity contribution < 1.29 is 9.21 Å². The molecule has 0 bridgehead atoms. The highest BCUT2D eigenvalue weighted by molar-refractivity contribution is 9.09. The Morgan fingerprint density at radius 1 is 1.77 bits per heavy atom. The van der Waals surface area contributed by atoms with Gasteiger partial charge in [-0.05, 0) is 12.5 Å². The summed E-state index contributed by atoms with van der Waals surface area (Å²) in [6, 6.07) is 1.65. The van der Waals surface area contributed by atoms with Gasteiger partial charge in [0.15, 0.2) is 0 Å². The minimum atomic E-state index is -0.0816. The lowest BCUT2D eigenvalue weighted by Crippen LogP contribution is -2.25. The number of hydrogen-bond acceptors (Lipinski definition) is 2. The van der Waals surface area contributed by atoms with Gasteiger partial charge in [0, 0.05) is 11.4 Å². The van der Waals surface area contributed by atoms with Crippen LogP contribution in [0.15, 0.2) is 23.0 Å². The Hall–Kier alpha value is -0.770. The van der Waals surface area contributed by atoms with E-state index in [1.165, 1.54) is 12.5 Å². The fraction of sp³-hybridized carbons (Fsp3) is 0.444. The minimum Gasteiger partial charge on any atom is -0.472 e. The number of amides is 1. The van der Waals surface area contributed by atoms with E-state index in [0.29, 0.717) is 16.9 Å². The summed E-state index contributed by atoms with van der Waals surface area (Å²) in [5, 5.41) is 2.79. The first-order chi connectivity index (χ1) is 6.20. The highest BCUT2D eigenvalue weighted by atomic mass is 79.9. The lowest BCUT2D eigenvalue weighted by molar-refractivity contribution is 0.0953. The first kappa shape index (κ1) is 10.3. The summed E-state index contributed by atoms with van der Waals surface area (Å²) in [5.41, 5.74) is 0.572. The maximum atomic E-state index is 11.3. The van der Waals surface area contributed by atoms with E-state index < -0.39 is 0 Å². The number of furan rings is 1. The molecule has 1 atom stereocenters. The number of carbonyl (C=O) groups is 1. The largest absolute Gasteiger partial charge is 0.472 e. The molecule has 1 amide bonds. The third-order valence-electron chi connectivity index (χ3n) is 1.61. The number of nitrogens with one attached hydrogen (secondary N) is 1. The van der Waals surface area contributed by atoms with Gasteiger partial charge in [-0.1, -0.05) is 22.9 Å². The molecule has 72 valence electrons. The molecule has 0 radical (unpaired) electrons. The predicted octanol–water partition coefficient (Wildman–Crippen LogP) is 2.18. The standard InChI is InChI=1S/C9H12BrNO2/c1-7(10)2-4-11-9(12)8-3-5-13-6-8/h3,5-7H,2,4H2,1H3,(H,11,12). The second-order valence-electron chi connectivity index (χ2n) is 2.84. The zero-order chi connectivity index (χ0) is 9.68. The molecule has 0 fully saturated rings. The van der Waals surface area contributed by atoms with Crippen molar-refractivity contribution in [1.82, 2.24) is 5.32 Å². The first-order valence-corrected chi connectivity index (χ1v) is 5.06. The van der Waals surface area contributed by atoms with Crippen LogP contribution in [0.4, 0.5) is 0 Å². The molecule has 1 unspecified atom stereocenters. The molecule has 0 aliphatic heterocycles. The highest BCUT2D eigenvalue weighted by Gasteiger charge is 2.05. The van der Waals surface area contributed by atoms with Gasteiger partial charge >= 0.3 is 0 Å². The minimum absolute atomic E-state index is 0.0816. The van der Waals surface area contributed by atoms with Crippen LogP contribution in [-0.2, 0) is 0 Å². The third kappa shape index (κ3) is 3.63. The summed E-state index contributed by atoms with van der Waals surface area (Å²) >= 11 is 3.40. The molecule has 0 saturated heterocycles. The van der Waals surface area contributed by atoms with Crippen LogP contribution in [0.1, 0.15) is 23.7 Å². The molecule has 0 aliphatic carbocycles. The Bertz CT molecular complexity index is 257. The van der Waals surface area contributed by atoms with Crippen molar-refractivity contribution in [3.63, 3.8) is 0 Å². The van der Waals surface area contributed by atoms with Gasteiger partial charge in [-0.2, -0.15) is 0 Å². The van der Waals surface area contributed by atoms with Gasteiger partial charge in [0.2, 0.25) is 0 Å². The van der Waals surface area contributed by atoms with Gasteiger partial charge in [-0.3, -0.25) is 4.79 Å². The normalized spacial score (nSPS) is 12.5. The topological polar surface area (TPSA) is 42.2 Å². The Balaban J connectivity index is 2.27. The van der Waals surface area contributed by atoms with Gasteiger partial charge in [0.25, 0.3) is 5.91 Å². The summed E-state index contributed by atoms with van der Waals surface area (Å²) in [6.07, 6.45) is 3.85. The lowest BCUT2D eigenvalue weighted by Gasteiger charge is -2.04. The quantitative estimate of drug-likeness (QED) is 0.827. The number of carbonyl (C=O) groups excluding carboxylic acids is 1. The smallest absolute Gasteiger partial charge is 0.254 e. The Morgan fingerprint density at radius 3 is 3.08 bits per heavy atom. The SMILES string of the molecule is CC(Br)CCNC(=O)c1ccoc1. The van der Waals surface area contributed by atoms with Crippen molar-refractivity contribution in [3.8, 4) is 0 Å². The van der Waals surface area contributed by atoms with Crippen LogP contribution >= 0.6 is 15.9 Å². The highest BCUT2D eigenvalue weighted by Crippen LogP contribution is 2.02. The Morgan fingerprint density at radius 2 is 2.54 bits per heavy atom. The van der Waals surface area contributed by atoms with Crippen molar-refractivity contribution in [2.24, 2.45) is 0 Å². The molecule has 1 rings (SSSR count). The molecule has 0 aliphatic rings. The average Bonchev–Trinajstić information content (AvgIpc) is 2.55. The fourth-order valence-electron chi connectivity index (χ4n) is 0.880. The van der Waals surface area contributed by atoms with Gasteiger partial charge in [0.1, 0.15) is 6.26 Å². The Kier molecular flexibility index (Phi) is 4.02. The number of halogens is 1. The van der Waals surface area contributed by atoms with E-state index in [-0.39, 0.29) is 5.91 Å². The number of hydrogen-bond donors (Lipinski definition) is 1. The molecule has 1 aromatic rings. The monoisotopic (exact) mass is 245 g/mol. The van der Waals surface area contributed by atoms with Crippen molar-refractivity contribution in [1.29, 1.82) is 0 Å². The maximum Gasteiger partial charge on any atom is 0.254 e. The van der Waals surface area contributed by atoms with Gasteiger partial charge in [-0.25, -0.2) is 0 Å². The molecular formula is C9H12BrNO2. The van der Waals surface area contributed by atoms with Crippen molar-refractivity contribution in [3.05, 3.63) is 24.2 Å². The predicted molar refractivity (Wildman–Crippen MR) is 54.0 cm³/mol. The molecule has 1 aromatic heterocycles. The second kappa shape index (κ2) is 5.07. The molecule has 3 nitrogen and oxygen atoms in total. The maximum absolute atomic E-state index is 11.3. The van der Waals surface area contributed by atoms with E-state index in [9.17, 15) is 4.79 Å². The average molecular weight is 246 g/mol. The summed E-state index contributed by atoms with van der Waals surface area (Å²) in [4.78, 5) is 11.7. The van der Waals surface area contributed by atoms with Crippen molar-refractivity contribution >= 4 is 21.8 Å². The molecule has 0 spiro atoms.